The molecule has 0 bridgehead atoms. The molecule has 3 aromatic rings. The number of amides is 3. The quantitative estimate of drug-likeness (QED) is 0.517. The van der Waals surface area contributed by atoms with Crippen LogP contribution in [-0.4, -0.2) is 16.8 Å². The van der Waals surface area contributed by atoms with Crippen LogP contribution in [0.1, 0.15) is 40.0 Å². The molecule has 2 aliphatic rings. The second-order valence-electron chi connectivity index (χ2n) is 7.81. The van der Waals surface area contributed by atoms with Gasteiger partial charge in [-0.15, -0.1) is 11.3 Å². The van der Waals surface area contributed by atoms with Crippen LogP contribution < -0.4 is 10.9 Å². The van der Waals surface area contributed by atoms with E-state index in [1.54, 1.807) is 11.3 Å². The standard InChI is InChI=1S/C22H20N2O4S/c1-12-5-6-15-14(10-18(25)28-19(15)13(12)2)11-24-20(26)22(23-21(24)27)8-3-4-17-16(22)7-9-29-17/h5-7,9-10H,3-4,8,11H2,1-2H3,(H,23,27). The van der Waals surface area contributed by atoms with Crippen molar-refractivity contribution in [2.75, 3.05) is 0 Å². The molecule has 1 unspecified atom stereocenters. The van der Waals surface area contributed by atoms with Gasteiger partial charge in [-0.3, -0.25) is 9.69 Å². The predicted octanol–water partition coefficient (Wildman–Crippen LogP) is 3.75. The zero-order chi connectivity index (χ0) is 20.3. The Kier molecular flexibility index (Phi) is 3.93. The van der Waals surface area contributed by atoms with Crippen molar-refractivity contribution in [3.05, 3.63) is 67.2 Å². The van der Waals surface area contributed by atoms with Crippen LogP contribution in [0.3, 0.4) is 0 Å². The third-order valence-electron chi connectivity index (χ3n) is 6.18. The molecule has 1 spiro atoms. The normalized spacial score (nSPS) is 21.1. The van der Waals surface area contributed by atoms with E-state index in [0.29, 0.717) is 17.6 Å². The zero-order valence-electron chi connectivity index (χ0n) is 16.2. The van der Waals surface area contributed by atoms with Crippen LogP contribution >= 0.6 is 11.3 Å². The lowest BCUT2D eigenvalue weighted by atomic mass is 9.80. The number of nitrogens with zero attached hydrogens (tertiary/aromatic N) is 1. The number of urea groups is 1. The van der Waals surface area contributed by atoms with Crippen molar-refractivity contribution >= 4 is 34.2 Å². The molecular formula is C22H20N2O4S. The van der Waals surface area contributed by atoms with Crippen LogP contribution in [0.15, 0.2) is 38.9 Å². The molecule has 1 aliphatic carbocycles. The van der Waals surface area contributed by atoms with Gasteiger partial charge in [0.1, 0.15) is 11.1 Å². The van der Waals surface area contributed by atoms with Crippen LogP contribution in [0.25, 0.3) is 11.0 Å². The number of imide groups is 1. The number of carbonyl (C=O) groups excluding carboxylic acids is 2. The molecule has 1 aliphatic heterocycles. The number of hydrogen-bond donors (Lipinski definition) is 1. The van der Waals surface area contributed by atoms with Crippen LogP contribution in [0.2, 0.25) is 0 Å². The summed E-state index contributed by atoms with van der Waals surface area (Å²) in [6.07, 6.45) is 2.37. The van der Waals surface area contributed by atoms with E-state index in [1.807, 2.05) is 37.4 Å². The maximum atomic E-state index is 13.4. The molecule has 6 nitrogen and oxygen atoms in total. The first-order chi connectivity index (χ1) is 13.9. The lowest BCUT2D eigenvalue weighted by molar-refractivity contribution is -0.132. The molecule has 1 saturated heterocycles. The molecule has 1 aromatic carbocycles. The lowest BCUT2D eigenvalue weighted by Crippen LogP contribution is -2.46. The minimum atomic E-state index is -0.980. The van der Waals surface area contributed by atoms with Gasteiger partial charge in [-0.2, -0.15) is 0 Å². The third kappa shape index (κ3) is 2.57. The Morgan fingerprint density at radius 2 is 2.03 bits per heavy atom. The molecule has 0 saturated carbocycles. The number of thiophene rings is 1. The van der Waals surface area contributed by atoms with Gasteiger partial charge in [0.05, 0.1) is 6.54 Å². The average Bonchev–Trinajstić information content (AvgIpc) is 3.26. The topological polar surface area (TPSA) is 79.6 Å². The molecule has 3 amide bonds. The maximum Gasteiger partial charge on any atom is 0.336 e. The Balaban J connectivity index is 1.58. The van der Waals surface area contributed by atoms with E-state index in [-0.39, 0.29) is 12.5 Å². The Bertz CT molecular complexity index is 1240. The molecular weight excluding hydrogens is 388 g/mol. The highest BCUT2D eigenvalue weighted by Gasteiger charge is 2.54. The van der Waals surface area contributed by atoms with E-state index in [0.717, 1.165) is 39.8 Å². The van der Waals surface area contributed by atoms with Crippen molar-refractivity contribution in [3.63, 3.8) is 0 Å². The second kappa shape index (κ2) is 6.29. The second-order valence-corrected chi connectivity index (χ2v) is 8.81. The van der Waals surface area contributed by atoms with E-state index < -0.39 is 17.2 Å². The van der Waals surface area contributed by atoms with Crippen LogP contribution in [0, 0.1) is 13.8 Å². The first-order valence-corrected chi connectivity index (χ1v) is 10.5. The van der Waals surface area contributed by atoms with Crippen molar-refractivity contribution in [1.29, 1.82) is 0 Å². The summed E-state index contributed by atoms with van der Waals surface area (Å²) in [6, 6.07) is 6.73. The number of benzene rings is 1. The molecule has 29 heavy (non-hydrogen) atoms. The smallest absolute Gasteiger partial charge is 0.336 e. The molecule has 3 heterocycles. The summed E-state index contributed by atoms with van der Waals surface area (Å²) >= 11 is 1.63. The minimum absolute atomic E-state index is 0.0382. The van der Waals surface area contributed by atoms with E-state index in [2.05, 4.69) is 5.32 Å². The number of fused-ring (bicyclic) bond motifs is 3. The molecule has 7 heteroatoms. The Morgan fingerprint density at radius 1 is 1.21 bits per heavy atom. The Hall–Kier alpha value is -2.93. The third-order valence-corrected chi connectivity index (χ3v) is 7.16. The zero-order valence-corrected chi connectivity index (χ0v) is 17.0. The average molecular weight is 408 g/mol. The van der Waals surface area contributed by atoms with Gasteiger partial charge in [0.25, 0.3) is 5.91 Å². The van der Waals surface area contributed by atoms with E-state index in [9.17, 15) is 14.4 Å². The van der Waals surface area contributed by atoms with Crippen molar-refractivity contribution in [2.45, 2.75) is 45.2 Å². The van der Waals surface area contributed by atoms with Crippen molar-refractivity contribution in [3.8, 4) is 0 Å². The summed E-state index contributed by atoms with van der Waals surface area (Å²) in [6.45, 7) is 3.88. The van der Waals surface area contributed by atoms with E-state index in [1.165, 1.54) is 11.0 Å². The summed E-state index contributed by atoms with van der Waals surface area (Å²) in [4.78, 5) is 40.8. The summed E-state index contributed by atoms with van der Waals surface area (Å²) in [5, 5.41) is 5.68. The van der Waals surface area contributed by atoms with Gasteiger partial charge < -0.3 is 9.73 Å². The first kappa shape index (κ1) is 18.1. The van der Waals surface area contributed by atoms with Gasteiger partial charge in [-0.25, -0.2) is 9.59 Å². The van der Waals surface area contributed by atoms with Gasteiger partial charge in [-0.1, -0.05) is 12.1 Å². The Morgan fingerprint density at radius 3 is 2.86 bits per heavy atom. The van der Waals surface area contributed by atoms with Crippen molar-refractivity contribution < 1.29 is 14.0 Å². The molecule has 1 fully saturated rings. The van der Waals surface area contributed by atoms with Gasteiger partial charge in [0, 0.05) is 21.9 Å². The molecule has 1 N–H and O–H groups in total. The fraction of sp³-hybridized carbons (Fsp3) is 0.318. The monoisotopic (exact) mass is 408 g/mol. The minimum Gasteiger partial charge on any atom is -0.422 e. The highest BCUT2D eigenvalue weighted by molar-refractivity contribution is 7.10. The largest absolute Gasteiger partial charge is 0.422 e. The molecule has 2 aromatic heterocycles. The highest BCUT2D eigenvalue weighted by atomic mass is 32.1. The number of rotatable bonds is 2. The predicted molar refractivity (Wildman–Crippen MR) is 110 cm³/mol. The molecule has 5 rings (SSSR count). The summed E-state index contributed by atoms with van der Waals surface area (Å²) in [5.74, 6) is -0.243. The fourth-order valence-corrected chi connectivity index (χ4v) is 5.51. The lowest BCUT2D eigenvalue weighted by Gasteiger charge is -2.31. The van der Waals surface area contributed by atoms with Crippen LogP contribution in [0.4, 0.5) is 4.79 Å². The Labute approximate surface area is 171 Å². The number of nitrogens with one attached hydrogen (secondary N) is 1. The molecule has 0 radical (unpaired) electrons. The van der Waals surface area contributed by atoms with Crippen LogP contribution in [0.5, 0.6) is 0 Å². The number of carbonyl (C=O) groups is 2. The van der Waals surface area contributed by atoms with Crippen molar-refractivity contribution in [1.82, 2.24) is 10.2 Å². The fourth-order valence-electron chi connectivity index (χ4n) is 4.51. The number of hydrogen-bond acceptors (Lipinski definition) is 5. The summed E-state index contributed by atoms with van der Waals surface area (Å²) in [7, 11) is 0. The van der Waals surface area contributed by atoms with Crippen LogP contribution in [-0.2, 0) is 23.3 Å². The van der Waals surface area contributed by atoms with Gasteiger partial charge in [0.15, 0.2) is 0 Å². The number of aryl methyl sites for hydroxylation is 3. The van der Waals surface area contributed by atoms with E-state index >= 15 is 0 Å². The first-order valence-electron chi connectivity index (χ1n) is 9.64. The summed E-state index contributed by atoms with van der Waals surface area (Å²) < 4.78 is 5.42. The molecule has 1 atom stereocenters. The van der Waals surface area contributed by atoms with Gasteiger partial charge in [0.2, 0.25) is 0 Å². The maximum absolute atomic E-state index is 13.4. The molecule has 148 valence electrons. The van der Waals surface area contributed by atoms with Gasteiger partial charge >= 0.3 is 11.7 Å². The van der Waals surface area contributed by atoms with Crippen molar-refractivity contribution in [2.24, 2.45) is 0 Å². The van der Waals surface area contributed by atoms with E-state index in [4.69, 9.17) is 4.42 Å². The highest BCUT2D eigenvalue weighted by Crippen LogP contribution is 2.42. The van der Waals surface area contributed by atoms with Gasteiger partial charge in [-0.05, 0) is 61.2 Å². The summed E-state index contributed by atoms with van der Waals surface area (Å²) in [5.41, 5.74) is 2.46. The SMILES string of the molecule is Cc1ccc2c(CN3C(=O)NC4(CCCc5sccc54)C3=O)cc(=O)oc2c1C.